The SMILES string of the molecule is Cc1cc2cc(C(=O)O)ccc2c(-c2ccc3c4c(ccnc24)CCO3)c1CC(=O)O. The minimum atomic E-state index is -1.00. The molecule has 1 aliphatic heterocycles. The van der Waals surface area contributed by atoms with Gasteiger partial charge in [0.15, 0.2) is 0 Å². The van der Waals surface area contributed by atoms with E-state index in [1.165, 1.54) is 0 Å². The number of fused-ring (bicyclic) bond motifs is 1. The summed E-state index contributed by atoms with van der Waals surface area (Å²) in [6.07, 6.45) is 2.42. The molecule has 0 bridgehead atoms. The molecule has 6 nitrogen and oxygen atoms in total. The summed E-state index contributed by atoms with van der Waals surface area (Å²) in [6, 6.07) is 12.6. The number of pyridine rings is 1. The zero-order chi connectivity index (χ0) is 21.7. The summed E-state index contributed by atoms with van der Waals surface area (Å²) >= 11 is 0. The molecule has 154 valence electrons. The Balaban J connectivity index is 1.90. The third kappa shape index (κ3) is 3.08. The van der Waals surface area contributed by atoms with Crippen molar-refractivity contribution < 1.29 is 24.5 Å². The number of aromatic carboxylic acids is 1. The van der Waals surface area contributed by atoms with Crippen molar-refractivity contribution in [3.8, 4) is 16.9 Å². The fourth-order valence-corrected chi connectivity index (χ4v) is 4.51. The normalized spacial score (nSPS) is 12.7. The number of carbonyl (C=O) groups is 2. The summed E-state index contributed by atoms with van der Waals surface area (Å²) in [6.45, 7) is 2.47. The molecule has 2 heterocycles. The van der Waals surface area contributed by atoms with E-state index in [1.807, 2.05) is 31.2 Å². The van der Waals surface area contributed by atoms with Crippen LogP contribution < -0.4 is 4.74 Å². The van der Waals surface area contributed by atoms with Gasteiger partial charge in [0.1, 0.15) is 5.75 Å². The molecule has 0 atom stereocenters. The highest BCUT2D eigenvalue weighted by Crippen LogP contribution is 2.42. The Morgan fingerprint density at radius 1 is 1.10 bits per heavy atom. The van der Waals surface area contributed by atoms with Crippen molar-refractivity contribution in [2.24, 2.45) is 0 Å². The largest absolute Gasteiger partial charge is 0.493 e. The molecule has 0 fully saturated rings. The maximum Gasteiger partial charge on any atom is 0.335 e. The number of aromatic nitrogens is 1. The third-order valence-electron chi connectivity index (χ3n) is 5.88. The van der Waals surface area contributed by atoms with Gasteiger partial charge in [-0.3, -0.25) is 9.78 Å². The lowest BCUT2D eigenvalue weighted by atomic mass is 9.86. The summed E-state index contributed by atoms with van der Waals surface area (Å²) < 4.78 is 5.84. The second-order valence-electron chi connectivity index (χ2n) is 7.76. The molecular weight excluding hydrogens is 394 g/mol. The van der Waals surface area contributed by atoms with Gasteiger partial charge in [0, 0.05) is 23.6 Å². The quantitative estimate of drug-likeness (QED) is 0.507. The molecule has 0 unspecified atom stereocenters. The van der Waals surface area contributed by atoms with Crippen LogP contribution in [0.3, 0.4) is 0 Å². The van der Waals surface area contributed by atoms with Crippen LogP contribution in [0.1, 0.15) is 27.0 Å². The highest BCUT2D eigenvalue weighted by atomic mass is 16.5. The molecule has 0 radical (unpaired) electrons. The van der Waals surface area contributed by atoms with Crippen LogP contribution in [-0.2, 0) is 17.6 Å². The predicted octanol–water partition coefficient (Wildman–Crippen LogP) is 4.62. The zero-order valence-corrected chi connectivity index (χ0v) is 16.8. The average molecular weight is 413 g/mol. The number of nitrogens with zero attached hydrogens (tertiary/aromatic N) is 1. The van der Waals surface area contributed by atoms with E-state index in [1.54, 1.807) is 24.4 Å². The molecular formula is C25H19NO5. The van der Waals surface area contributed by atoms with Crippen LogP contribution in [0, 0.1) is 6.92 Å². The second kappa shape index (κ2) is 7.09. The molecule has 3 aromatic carbocycles. The number of hydrogen-bond acceptors (Lipinski definition) is 4. The van der Waals surface area contributed by atoms with Crippen LogP contribution in [0.4, 0.5) is 0 Å². The number of carboxylic acids is 2. The molecule has 0 aliphatic carbocycles. The van der Waals surface area contributed by atoms with Crippen molar-refractivity contribution in [1.82, 2.24) is 4.98 Å². The summed E-state index contributed by atoms with van der Waals surface area (Å²) in [7, 11) is 0. The molecule has 1 aliphatic rings. The first-order valence-corrected chi connectivity index (χ1v) is 9.99. The number of benzene rings is 3. The van der Waals surface area contributed by atoms with Crippen LogP contribution >= 0.6 is 0 Å². The van der Waals surface area contributed by atoms with Crippen molar-refractivity contribution in [2.45, 2.75) is 19.8 Å². The Kier molecular flexibility index (Phi) is 4.36. The van der Waals surface area contributed by atoms with Gasteiger partial charge < -0.3 is 14.9 Å². The third-order valence-corrected chi connectivity index (χ3v) is 5.88. The van der Waals surface area contributed by atoms with E-state index in [2.05, 4.69) is 4.98 Å². The fraction of sp³-hybridized carbons (Fsp3) is 0.160. The van der Waals surface area contributed by atoms with Gasteiger partial charge in [0.25, 0.3) is 0 Å². The molecule has 1 aromatic heterocycles. The van der Waals surface area contributed by atoms with E-state index in [0.717, 1.165) is 56.1 Å². The second-order valence-corrected chi connectivity index (χ2v) is 7.76. The molecule has 2 N–H and O–H groups in total. The summed E-state index contributed by atoms with van der Waals surface area (Å²) in [5.74, 6) is -1.15. The van der Waals surface area contributed by atoms with Gasteiger partial charge in [-0.05, 0) is 70.3 Å². The van der Waals surface area contributed by atoms with Crippen LogP contribution in [0.5, 0.6) is 5.75 Å². The number of aryl methyl sites for hydroxylation is 1. The van der Waals surface area contributed by atoms with E-state index < -0.39 is 11.9 Å². The maximum absolute atomic E-state index is 11.7. The van der Waals surface area contributed by atoms with Crippen LogP contribution in [0.25, 0.3) is 32.8 Å². The zero-order valence-electron chi connectivity index (χ0n) is 16.8. The Morgan fingerprint density at radius 3 is 2.71 bits per heavy atom. The lowest BCUT2D eigenvalue weighted by Gasteiger charge is -2.21. The Morgan fingerprint density at radius 2 is 1.94 bits per heavy atom. The van der Waals surface area contributed by atoms with Gasteiger partial charge in [-0.2, -0.15) is 0 Å². The maximum atomic E-state index is 11.7. The lowest BCUT2D eigenvalue weighted by molar-refractivity contribution is -0.136. The number of ether oxygens (including phenoxy) is 1. The number of rotatable bonds is 4. The predicted molar refractivity (Wildman–Crippen MR) is 117 cm³/mol. The first-order chi connectivity index (χ1) is 14.9. The van der Waals surface area contributed by atoms with Crippen LogP contribution in [-0.4, -0.2) is 33.7 Å². The topological polar surface area (TPSA) is 96.7 Å². The van der Waals surface area contributed by atoms with Gasteiger partial charge in [0.2, 0.25) is 0 Å². The van der Waals surface area contributed by atoms with E-state index >= 15 is 0 Å². The van der Waals surface area contributed by atoms with E-state index in [9.17, 15) is 19.8 Å². The summed E-state index contributed by atoms with van der Waals surface area (Å²) in [5.41, 5.74) is 5.18. The monoisotopic (exact) mass is 413 g/mol. The molecule has 0 spiro atoms. The number of aliphatic carboxylic acids is 1. The van der Waals surface area contributed by atoms with Gasteiger partial charge in [-0.15, -0.1) is 0 Å². The average Bonchev–Trinajstić information content (AvgIpc) is 2.75. The standard InChI is InChI=1S/C25H19NO5/c1-13-10-16-11-15(25(29)30)2-3-17(16)23(19(13)12-21(27)28)18-4-5-20-22-14(7-9-31-20)6-8-26-24(18)22/h2-6,8,10-11H,7,9,12H2,1H3,(H,27,28)(H,29,30). The van der Waals surface area contributed by atoms with Gasteiger partial charge >= 0.3 is 11.9 Å². The first-order valence-electron chi connectivity index (χ1n) is 9.99. The van der Waals surface area contributed by atoms with Crippen LogP contribution in [0.2, 0.25) is 0 Å². The first kappa shape index (κ1) is 19.1. The summed E-state index contributed by atoms with van der Waals surface area (Å²) in [4.78, 5) is 27.8. The van der Waals surface area contributed by atoms with E-state index in [0.29, 0.717) is 12.2 Å². The molecule has 0 saturated heterocycles. The van der Waals surface area contributed by atoms with Crippen molar-refractivity contribution in [1.29, 1.82) is 0 Å². The van der Waals surface area contributed by atoms with Crippen molar-refractivity contribution in [3.05, 3.63) is 70.9 Å². The molecule has 0 amide bonds. The van der Waals surface area contributed by atoms with E-state index in [-0.39, 0.29) is 12.0 Å². The number of hydrogen-bond donors (Lipinski definition) is 2. The molecule has 31 heavy (non-hydrogen) atoms. The highest BCUT2D eigenvalue weighted by Gasteiger charge is 2.22. The van der Waals surface area contributed by atoms with Gasteiger partial charge in [-0.1, -0.05) is 12.1 Å². The van der Waals surface area contributed by atoms with Crippen molar-refractivity contribution >= 4 is 33.6 Å². The fourth-order valence-electron chi connectivity index (χ4n) is 4.51. The van der Waals surface area contributed by atoms with Crippen molar-refractivity contribution in [3.63, 3.8) is 0 Å². The molecule has 4 aromatic rings. The minimum absolute atomic E-state index is 0.142. The highest BCUT2D eigenvalue weighted by molar-refractivity contribution is 6.09. The minimum Gasteiger partial charge on any atom is -0.493 e. The van der Waals surface area contributed by atoms with Crippen molar-refractivity contribution in [2.75, 3.05) is 6.61 Å². The Hall–Kier alpha value is -3.93. The van der Waals surface area contributed by atoms with E-state index in [4.69, 9.17) is 4.74 Å². The molecule has 5 rings (SSSR count). The van der Waals surface area contributed by atoms with Gasteiger partial charge in [-0.25, -0.2) is 4.79 Å². The van der Waals surface area contributed by atoms with Gasteiger partial charge in [0.05, 0.1) is 24.1 Å². The lowest BCUT2D eigenvalue weighted by Crippen LogP contribution is -2.10. The Labute approximate surface area is 177 Å². The molecule has 6 heteroatoms. The summed E-state index contributed by atoms with van der Waals surface area (Å²) in [5, 5.41) is 21.5. The number of carboxylic acid groups (broad SMARTS) is 2. The van der Waals surface area contributed by atoms with Crippen LogP contribution in [0.15, 0.2) is 48.7 Å². The smallest absolute Gasteiger partial charge is 0.335 e. The Bertz CT molecular complexity index is 1400. The molecule has 0 saturated carbocycles.